The lowest BCUT2D eigenvalue weighted by Gasteiger charge is -2.34. The fourth-order valence-electron chi connectivity index (χ4n) is 3.11. The third kappa shape index (κ3) is 2.90. The summed E-state index contributed by atoms with van der Waals surface area (Å²) in [7, 11) is 0. The number of aromatic nitrogens is 1. The van der Waals surface area contributed by atoms with Gasteiger partial charge in [-0.2, -0.15) is 0 Å². The van der Waals surface area contributed by atoms with Crippen molar-refractivity contribution in [3.63, 3.8) is 0 Å². The van der Waals surface area contributed by atoms with E-state index in [1.165, 1.54) is 10.8 Å². The Kier molecular flexibility index (Phi) is 4.08. The SMILES string of the molecule is O=C(Cn1c(=O)oc2ccccc21)N1CCN(C(=O)c2ccco2)CC1. The molecule has 3 aromatic rings. The Morgan fingerprint density at radius 1 is 0.962 bits per heavy atom. The largest absolute Gasteiger partial charge is 0.459 e. The van der Waals surface area contributed by atoms with E-state index < -0.39 is 5.76 Å². The smallest absolute Gasteiger partial charge is 0.420 e. The van der Waals surface area contributed by atoms with E-state index in [4.69, 9.17) is 8.83 Å². The lowest BCUT2D eigenvalue weighted by atomic mass is 10.2. The number of para-hydroxylation sites is 2. The van der Waals surface area contributed by atoms with Gasteiger partial charge in [0.05, 0.1) is 11.8 Å². The van der Waals surface area contributed by atoms with Crippen LogP contribution in [-0.2, 0) is 11.3 Å². The number of hydrogen-bond acceptors (Lipinski definition) is 5. The molecule has 0 N–H and O–H groups in total. The van der Waals surface area contributed by atoms with E-state index in [0.717, 1.165) is 0 Å². The zero-order valence-electron chi connectivity index (χ0n) is 14.0. The minimum atomic E-state index is -0.550. The molecule has 0 saturated carbocycles. The van der Waals surface area contributed by atoms with Gasteiger partial charge in [0.25, 0.3) is 5.91 Å². The number of nitrogens with zero attached hydrogens (tertiary/aromatic N) is 3. The van der Waals surface area contributed by atoms with E-state index in [0.29, 0.717) is 43.0 Å². The first-order valence-corrected chi connectivity index (χ1v) is 8.32. The Balaban J connectivity index is 1.41. The molecule has 0 radical (unpaired) electrons. The number of oxazole rings is 1. The van der Waals surface area contributed by atoms with E-state index in [1.54, 1.807) is 46.2 Å². The minimum Gasteiger partial charge on any atom is -0.459 e. The van der Waals surface area contributed by atoms with Crippen LogP contribution in [-0.4, -0.2) is 52.4 Å². The summed E-state index contributed by atoms with van der Waals surface area (Å²) >= 11 is 0. The number of benzene rings is 1. The van der Waals surface area contributed by atoms with E-state index in [-0.39, 0.29) is 18.4 Å². The topological polar surface area (TPSA) is 88.9 Å². The van der Waals surface area contributed by atoms with Gasteiger partial charge in [0, 0.05) is 26.2 Å². The zero-order chi connectivity index (χ0) is 18.1. The number of piperazine rings is 1. The van der Waals surface area contributed by atoms with Gasteiger partial charge in [0.15, 0.2) is 11.3 Å². The van der Waals surface area contributed by atoms with Crippen LogP contribution in [0.4, 0.5) is 0 Å². The highest BCUT2D eigenvalue weighted by Crippen LogP contribution is 2.13. The van der Waals surface area contributed by atoms with Crippen LogP contribution in [0.3, 0.4) is 0 Å². The van der Waals surface area contributed by atoms with Gasteiger partial charge >= 0.3 is 5.76 Å². The van der Waals surface area contributed by atoms with Gasteiger partial charge in [-0.1, -0.05) is 12.1 Å². The summed E-state index contributed by atoms with van der Waals surface area (Å²) in [6.07, 6.45) is 1.46. The highest BCUT2D eigenvalue weighted by molar-refractivity contribution is 5.91. The molecule has 1 aromatic carbocycles. The molecule has 26 heavy (non-hydrogen) atoms. The van der Waals surface area contributed by atoms with Gasteiger partial charge in [-0.15, -0.1) is 0 Å². The highest BCUT2D eigenvalue weighted by atomic mass is 16.4. The standard InChI is InChI=1S/C18H17N3O5/c22-16(12-21-13-4-1-2-5-14(13)26-18(21)24)19-7-9-20(10-8-19)17(23)15-6-3-11-25-15/h1-6,11H,7-10,12H2. The molecule has 1 aliphatic heterocycles. The molecule has 1 aliphatic rings. The van der Waals surface area contributed by atoms with Gasteiger partial charge in [0.1, 0.15) is 6.54 Å². The van der Waals surface area contributed by atoms with E-state index in [9.17, 15) is 14.4 Å². The Morgan fingerprint density at radius 3 is 2.42 bits per heavy atom. The lowest BCUT2D eigenvalue weighted by Crippen LogP contribution is -2.51. The first-order chi connectivity index (χ1) is 12.6. The lowest BCUT2D eigenvalue weighted by molar-refractivity contribution is -0.133. The van der Waals surface area contributed by atoms with Crippen molar-refractivity contribution in [2.45, 2.75) is 6.54 Å². The zero-order valence-corrected chi connectivity index (χ0v) is 14.0. The molecule has 0 unspecified atom stereocenters. The number of furan rings is 1. The molecule has 8 heteroatoms. The number of amides is 2. The van der Waals surface area contributed by atoms with Crippen molar-refractivity contribution in [2.75, 3.05) is 26.2 Å². The summed E-state index contributed by atoms with van der Waals surface area (Å²) < 4.78 is 11.6. The molecule has 8 nitrogen and oxygen atoms in total. The van der Waals surface area contributed by atoms with E-state index in [2.05, 4.69) is 0 Å². The molecule has 0 spiro atoms. The van der Waals surface area contributed by atoms with Crippen LogP contribution in [0.15, 0.2) is 56.3 Å². The van der Waals surface area contributed by atoms with Crippen LogP contribution >= 0.6 is 0 Å². The summed E-state index contributed by atoms with van der Waals surface area (Å²) in [4.78, 5) is 40.1. The van der Waals surface area contributed by atoms with Gasteiger partial charge < -0.3 is 18.6 Å². The number of hydrogen-bond donors (Lipinski definition) is 0. The molecule has 1 fully saturated rings. The highest BCUT2D eigenvalue weighted by Gasteiger charge is 2.26. The maximum atomic E-state index is 12.6. The van der Waals surface area contributed by atoms with Crippen LogP contribution in [0, 0.1) is 0 Å². The molecule has 1 saturated heterocycles. The summed E-state index contributed by atoms with van der Waals surface area (Å²) in [5.41, 5.74) is 1.05. The minimum absolute atomic E-state index is 0.0814. The quantitative estimate of drug-likeness (QED) is 0.704. The average Bonchev–Trinajstić information content (AvgIpc) is 3.30. The monoisotopic (exact) mass is 355 g/mol. The fourth-order valence-corrected chi connectivity index (χ4v) is 3.11. The third-order valence-electron chi connectivity index (χ3n) is 4.52. The summed E-state index contributed by atoms with van der Waals surface area (Å²) in [5, 5.41) is 0. The predicted molar refractivity (Wildman–Crippen MR) is 91.7 cm³/mol. The molecule has 2 amide bonds. The van der Waals surface area contributed by atoms with Crippen LogP contribution < -0.4 is 5.76 Å². The fraction of sp³-hybridized carbons (Fsp3) is 0.278. The Hall–Kier alpha value is -3.29. The first kappa shape index (κ1) is 16.2. The number of carbonyl (C=O) groups excluding carboxylic acids is 2. The number of fused-ring (bicyclic) bond motifs is 1. The first-order valence-electron chi connectivity index (χ1n) is 8.32. The van der Waals surface area contributed by atoms with E-state index >= 15 is 0 Å². The van der Waals surface area contributed by atoms with Crippen molar-refractivity contribution in [1.29, 1.82) is 0 Å². The second-order valence-electron chi connectivity index (χ2n) is 6.07. The summed E-state index contributed by atoms with van der Waals surface area (Å²) in [6, 6.07) is 10.3. The van der Waals surface area contributed by atoms with Crippen LogP contribution in [0.5, 0.6) is 0 Å². The molecular formula is C18H17N3O5. The second-order valence-corrected chi connectivity index (χ2v) is 6.07. The van der Waals surface area contributed by atoms with Crippen LogP contribution in [0.2, 0.25) is 0 Å². The number of carbonyl (C=O) groups is 2. The average molecular weight is 355 g/mol. The van der Waals surface area contributed by atoms with Crippen LogP contribution in [0.25, 0.3) is 11.1 Å². The molecule has 0 bridgehead atoms. The van der Waals surface area contributed by atoms with Crippen LogP contribution in [0.1, 0.15) is 10.6 Å². The molecule has 0 atom stereocenters. The Bertz CT molecular complexity index is 993. The third-order valence-corrected chi connectivity index (χ3v) is 4.52. The molecule has 134 valence electrons. The Morgan fingerprint density at radius 2 is 1.69 bits per heavy atom. The normalized spacial score (nSPS) is 14.8. The van der Waals surface area contributed by atoms with Gasteiger partial charge in [0.2, 0.25) is 5.91 Å². The number of rotatable bonds is 3. The Labute approximate surface area is 148 Å². The van der Waals surface area contributed by atoms with Gasteiger partial charge in [-0.25, -0.2) is 4.79 Å². The van der Waals surface area contributed by atoms with Crippen molar-refractivity contribution in [2.24, 2.45) is 0 Å². The van der Waals surface area contributed by atoms with E-state index in [1.807, 2.05) is 0 Å². The van der Waals surface area contributed by atoms with Gasteiger partial charge in [-0.3, -0.25) is 14.2 Å². The molecule has 3 heterocycles. The maximum absolute atomic E-state index is 12.6. The van der Waals surface area contributed by atoms with Gasteiger partial charge in [-0.05, 0) is 24.3 Å². The van der Waals surface area contributed by atoms with Crippen molar-refractivity contribution < 1.29 is 18.4 Å². The maximum Gasteiger partial charge on any atom is 0.420 e. The summed E-state index contributed by atoms with van der Waals surface area (Å²) in [5.74, 6) is -0.615. The summed E-state index contributed by atoms with van der Waals surface area (Å²) in [6.45, 7) is 1.59. The molecule has 0 aliphatic carbocycles. The molecular weight excluding hydrogens is 338 g/mol. The predicted octanol–water partition coefficient (Wildman–Crippen LogP) is 1.17. The van der Waals surface area contributed by atoms with Crippen molar-refractivity contribution in [1.82, 2.24) is 14.4 Å². The second kappa shape index (κ2) is 6.55. The van der Waals surface area contributed by atoms with Crippen molar-refractivity contribution >= 4 is 22.9 Å². The van der Waals surface area contributed by atoms with Crippen molar-refractivity contribution in [3.05, 3.63) is 59.0 Å². The molecule has 4 rings (SSSR count). The van der Waals surface area contributed by atoms with Crippen molar-refractivity contribution in [3.8, 4) is 0 Å². The molecule has 2 aromatic heterocycles.